The van der Waals surface area contributed by atoms with Gasteiger partial charge >= 0.3 is 0 Å². The predicted octanol–water partition coefficient (Wildman–Crippen LogP) is 3.89. The molecule has 3 nitrogen and oxygen atoms in total. The Balaban J connectivity index is 2.03. The summed E-state index contributed by atoms with van der Waals surface area (Å²) in [6.45, 7) is 10.3. The lowest BCUT2D eigenvalue weighted by atomic mass is 10.1. The minimum absolute atomic E-state index is 0.500. The van der Waals surface area contributed by atoms with Crippen molar-refractivity contribution in [3.63, 3.8) is 0 Å². The minimum Gasteiger partial charge on any atom is -0.347 e. The van der Waals surface area contributed by atoms with E-state index in [0.29, 0.717) is 6.04 Å². The lowest BCUT2D eigenvalue weighted by molar-refractivity contribution is 0.591. The molecule has 0 aliphatic carbocycles. The molecule has 0 radical (unpaired) electrons. The number of aryl methyl sites for hydroxylation is 2. The van der Waals surface area contributed by atoms with E-state index in [9.17, 15) is 0 Å². The average molecular weight is 303 g/mol. The maximum absolute atomic E-state index is 4.71. The first-order valence-electron chi connectivity index (χ1n) is 7.42. The topological polar surface area (TPSA) is 28.2 Å². The van der Waals surface area contributed by atoms with Crippen LogP contribution in [0.15, 0.2) is 24.3 Å². The van der Waals surface area contributed by atoms with Gasteiger partial charge in [0.1, 0.15) is 0 Å². The van der Waals surface area contributed by atoms with Crippen LogP contribution in [0, 0.1) is 13.8 Å². The maximum Gasteiger partial charge on any atom is 0.185 e. The average Bonchev–Trinajstić information content (AvgIpc) is 2.80. The zero-order chi connectivity index (χ0) is 15.4. The number of aromatic nitrogens is 1. The molecule has 2 rings (SSSR count). The standard InChI is InChI=1S/C17H25N3S/c1-12(2)18-10-16-14(4)19-17(21-16)20(5)11-15-8-6-13(3)7-9-15/h6-9,12,18H,10-11H2,1-5H3. The van der Waals surface area contributed by atoms with E-state index in [1.165, 1.54) is 16.0 Å². The number of rotatable bonds is 6. The van der Waals surface area contributed by atoms with Crippen LogP contribution in [-0.2, 0) is 13.1 Å². The summed E-state index contributed by atoms with van der Waals surface area (Å²) >= 11 is 1.78. The van der Waals surface area contributed by atoms with Gasteiger partial charge in [0, 0.05) is 31.1 Å². The van der Waals surface area contributed by atoms with E-state index in [-0.39, 0.29) is 0 Å². The van der Waals surface area contributed by atoms with Crippen molar-refractivity contribution < 1.29 is 0 Å². The molecule has 1 heterocycles. The number of nitrogens with one attached hydrogen (secondary N) is 1. The third kappa shape index (κ3) is 4.55. The lowest BCUT2D eigenvalue weighted by Crippen LogP contribution is -2.21. The van der Waals surface area contributed by atoms with Crippen molar-refractivity contribution in [2.24, 2.45) is 0 Å². The van der Waals surface area contributed by atoms with Crippen LogP contribution >= 0.6 is 11.3 Å². The Bertz CT molecular complexity index is 572. The van der Waals surface area contributed by atoms with Crippen molar-refractivity contribution in [1.29, 1.82) is 0 Å². The molecule has 0 unspecified atom stereocenters. The molecule has 1 aromatic heterocycles. The van der Waals surface area contributed by atoms with Crippen LogP contribution in [-0.4, -0.2) is 18.1 Å². The first-order chi connectivity index (χ1) is 9.95. The van der Waals surface area contributed by atoms with Crippen LogP contribution in [0.25, 0.3) is 0 Å². The largest absolute Gasteiger partial charge is 0.347 e. The number of nitrogens with zero attached hydrogens (tertiary/aromatic N) is 2. The third-order valence-electron chi connectivity index (χ3n) is 3.42. The molecule has 21 heavy (non-hydrogen) atoms. The summed E-state index contributed by atoms with van der Waals surface area (Å²) < 4.78 is 0. The van der Waals surface area contributed by atoms with Crippen molar-refractivity contribution >= 4 is 16.5 Å². The Morgan fingerprint density at radius 1 is 1.19 bits per heavy atom. The zero-order valence-corrected chi connectivity index (χ0v) is 14.4. The number of hydrogen-bond acceptors (Lipinski definition) is 4. The highest BCUT2D eigenvalue weighted by atomic mass is 32.1. The van der Waals surface area contributed by atoms with Gasteiger partial charge in [0.25, 0.3) is 0 Å². The van der Waals surface area contributed by atoms with Gasteiger partial charge in [0.05, 0.1) is 5.69 Å². The van der Waals surface area contributed by atoms with E-state index >= 15 is 0 Å². The zero-order valence-electron chi connectivity index (χ0n) is 13.6. The summed E-state index contributed by atoms with van der Waals surface area (Å²) in [6.07, 6.45) is 0. The number of thiazole rings is 1. The van der Waals surface area contributed by atoms with Gasteiger partial charge in [-0.1, -0.05) is 43.7 Å². The quantitative estimate of drug-likeness (QED) is 0.877. The third-order valence-corrected chi connectivity index (χ3v) is 4.69. The molecule has 1 N–H and O–H groups in total. The highest BCUT2D eigenvalue weighted by Crippen LogP contribution is 2.26. The fourth-order valence-electron chi connectivity index (χ4n) is 2.07. The van der Waals surface area contributed by atoms with E-state index < -0.39 is 0 Å². The fraction of sp³-hybridized carbons (Fsp3) is 0.471. The van der Waals surface area contributed by atoms with Crippen molar-refractivity contribution in [3.05, 3.63) is 46.0 Å². The molecule has 0 aliphatic heterocycles. The number of hydrogen-bond donors (Lipinski definition) is 1. The van der Waals surface area contributed by atoms with Crippen molar-refractivity contribution in [3.8, 4) is 0 Å². The molecular weight excluding hydrogens is 278 g/mol. The smallest absolute Gasteiger partial charge is 0.185 e. The SMILES string of the molecule is Cc1ccc(CN(C)c2nc(C)c(CNC(C)C)s2)cc1. The van der Waals surface area contributed by atoms with Gasteiger partial charge in [-0.2, -0.15) is 0 Å². The first-order valence-corrected chi connectivity index (χ1v) is 8.23. The summed E-state index contributed by atoms with van der Waals surface area (Å²) in [5, 5.41) is 4.55. The van der Waals surface area contributed by atoms with Crippen molar-refractivity contribution in [1.82, 2.24) is 10.3 Å². The molecule has 0 spiro atoms. The molecule has 0 aliphatic rings. The van der Waals surface area contributed by atoms with Crippen LogP contribution in [0.2, 0.25) is 0 Å². The molecule has 0 bridgehead atoms. The molecule has 0 atom stereocenters. The monoisotopic (exact) mass is 303 g/mol. The van der Waals surface area contributed by atoms with E-state index in [1.54, 1.807) is 11.3 Å². The predicted molar refractivity (Wildman–Crippen MR) is 92.1 cm³/mol. The molecule has 1 aromatic carbocycles. The van der Waals surface area contributed by atoms with Crippen molar-refractivity contribution in [2.75, 3.05) is 11.9 Å². The molecule has 0 saturated carbocycles. The molecule has 0 amide bonds. The fourth-order valence-corrected chi connectivity index (χ4v) is 3.04. The minimum atomic E-state index is 0.500. The van der Waals surface area contributed by atoms with Gasteiger partial charge in [-0.05, 0) is 19.4 Å². The Morgan fingerprint density at radius 2 is 1.86 bits per heavy atom. The van der Waals surface area contributed by atoms with Crippen LogP contribution in [0.3, 0.4) is 0 Å². The van der Waals surface area contributed by atoms with Crippen LogP contribution in [0.5, 0.6) is 0 Å². The van der Waals surface area contributed by atoms with Gasteiger partial charge in [0.2, 0.25) is 0 Å². The normalized spacial score (nSPS) is 11.1. The summed E-state index contributed by atoms with van der Waals surface area (Å²) in [5.74, 6) is 0. The van der Waals surface area contributed by atoms with E-state index in [1.807, 2.05) is 0 Å². The van der Waals surface area contributed by atoms with Crippen LogP contribution in [0.4, 0.5) is 5.13 Å². The summed E-state index contributed by atoms with van der Waals surface area (Å²) in [5.41, 5.74) is 3.75. The van der Waals surface area contributed by atoms with Gasteiger partial charge in [-0.15, -0.1) is 11.3 Å². The highest BCUT2D eigenvalue weighted by Gasteiger charge is 2.11. The van der Waals surface area contributed by atoms with Gasteiger partial charge in [-0.25, -0.2) is 4.98 Å². The molecule has 0 saturated heterocycles. The highest BCUT2D eigenvalue weighted by molar-refractivity contribution is 7.15. The van der Waals surface area contributed by atoms with Gasteiger partial charge < -0.3 is 10.2 Å². The summed E-state index contributed by atoms with van der Waals surface area (Å²) in [6, 6.07) is 9.20. The molecule has 0 fully saturated rings. The second-order valence-corrected chi connectivity index (χ2v) is 6.94. The maximum atomic E-state index is 4.71. The Kier molecular flexibility index (Phi) is 5.37. The first kappa shape index (κ1) is 16.0. The molecule has 4 heteroatoms. The molecular formula is C17H25N3S. The Hall–Kier alpha value is -1.39. The number of benzene rings is 1. The van der Waals surface area contributed by atoms with E-state index in [0.717, 1.165) is 23.9 Å². The Labute approximate surface area is 132 Å². The van der Waals surface area contributed by atoms with Crippen LogP contribution in [0.1, 0.15) is 35.5 Å². The second-order valence-electron chi connectivity index (χ2n) is 5.88. The summed E-state index contributed by atoms with van der Waals surface area (Å²) in [7, 11) is 2.11. The van der Waals surface area contributed by atoms with E-state index in [2.05, 4.69) is 69.2 Å². The Morgan fingerprint density at radius 3 is 2.48 bits per heavy atom. The second kappa shape index (κ2) is 7.05. The van der Waals surface area contributed by atoms with Crippen molar-refractivity contribution in [2.45, 2.75) is 46.8 Å². The van der Waals surface area contributed by atoms with E-state index in [4.69, 9.17) is 4.98 Å². The van der Waals surface area contributed by atoms with Gasteiger partial charge in [-0.3, -0.25) is 0 Å². The van der Waals surface area contributed by atoms with Gasteiger partial charge in [0.15, 0.2) is 5.13 Å². The lowest BCUT2D eigenvalue weighted by Gasteiger charge is -2.15. The van der Waals surface area contributed by atoms with Crippen LogP contribution < -0.4 is 10.2 Å². The molecule has 114 valence electrons. The molecule has 2 aromatic rings. The number of anilines is 1. The summed E-state index contributed by atoms with van der Waals surface area (Å²) in [4.78, 5) is 8.26.